The van der Waals surface area contributed by atoms with Gasteiger partial charge in [-0.3, -0.25) is 9.59 Å². The van der Waals surface area contributed by atoms with Crippen molar-refractivity contribution in [3.63, 3.8) is 0 Å². The smallest absolute Gasteiger partial charge is 0.253 e. The standard InChI is InChI=1S/C35H42F2N4O4/c1-5-13-41(14-6-2)35(44)27(8-4)20-26(7-3)33(43)40-31(19-25-17-29(36)21-30(37)18-25)32(42)23-38-22-24-10-9-11-28(16-24)34-39-12-15-45-34/h7-12,15-18,20-21,31-32,38,42H,3,5-6,13-14,19,22-23H2,1-2,4H3,(H,40,43)/b26-20+,27-8+/t31-,32+/m0/s1. The summed E-state index contributed by atoms with van der Waals surface area (Å²) in [6.07, 6.45) is 7.89. The summed E-state index contributed by atoms with van der Waals surface area (Å²) < 4.78 is 33.4. The zero-order valence-electron chi connectivity index (χ0n) is 26.1. The van der Waals surface area contributed by atoms with Gasteiger partial charge in [-0.15, -0.1) is 0 Å². The van der Waals surface area contributed by atoms with Crippen LogP contribution in [0.4, 0.5) is 8.78 Å². The molecule has 0 fully saturated rings. The van der Waals surface area contributed by atoms with E-state index >= 15 is 0 Å². The van der Waals surface area contributed by atoms with Gasteiger partial charge in [-0.05, 0) is 67.7 Å². The largest absolute Gasteiger partial charge is 0.445 e. The Hall–Kier alpha value is -4.41. The minimum absolute atomic E-state index is 0.0521. The number of amides is 2. The van der Waals surface area contributed by atoms with Crippen LogP contribution in [-0.2, 0) is 22.6 Å². The quantitative estimate of drug-likeness (QED) is 0.136. The van der Waals surface area contributed by atoms with Crippen molar-refractivity contribution >= 4 is 11.8 Å². The first kappa shape index (κ1) is 35.1. The number of halogens is 2. The molecule has 0 bridgehead atoms. The molecule has 2 amide bonds. The zero-order valence-corrected chi connectivity index (χ0v) is 26.1. The van der Waals surface area contributed by atoms with Gasteiger partial charge in [0, 0.05) is 49.0 Å². The SMILES string of the molecule is C=C/C(=C\C(=C/C)C(=O)N(CCC)CCC)C(=O)N[C@@H](Cc1cc(F)cc(F)c1)[C@H](O)CNCc1cccc(-c2ncco2)c1. The number of hydrogen-bond donors (Lipinski definition) is 3. The van der Waals surface area contributed by atoms with Gasteiger partial charge in [-0.25, -0.2) is 13.8 Å². The molecule has 10 heteroatoms. The van der Waals surface area contributed by atoms with Gasteiger partial charge in [0.15, 0.2) is 0 Å². The lowest BCUT2D eigenvalue weighted by molar-refractivity contribution is -0.126. The Balaban J connectivity index is 1.77. The van der Waals surface area contributed by atoms with Crippen molar-refractivity contribution in [2.45, 2.75) is 58.7 Å². The van der Waals surface area contributed by atoms with Gasteiger partial charge in [0.05, 0.1) is 18.3 Å². The summed E-state index contributed by atoms with van der Waals surface area (Å²) in [5.41, 5.74) is 2.42. The highest BCUT2D eigenvalue weighted by Crippen LogP contribution is 2.19. The van der Waals surface area contributed by atoms with E-state index in [0.717, 1.165) is 42.2 Å². The summed E-state index contributed by atoms with van der Waals surface area (Å²) in [5, 5.41) is 17.2. The van der Waals surface area contributed by atoms with Crippen molar-refractivity contribution in [1.82, 2.24) is 20.5 Å². The monoisotopic (exact) mass is 620 g/mol. The summed E-state index contributed by atoms with van der Waals surface area (Å²) >= 11 is 0. The normalized spacial score (nSPS) is 13.3. The van der Waals surface area contributed by atoms with Crippen LogP contribution in [-0.4, -0.2) is 58.6 Å². The number of nitrogens with one attached hydrogen (secondary N) is 2. The van der Waals surface area contributed by atoms with E-state index in [0.29, 0.717) is 31.1 Å². The maximum absolute atomic E-state index is 14.0. The maximum atomic E-state index is 14.0. The molecule has 0 saturated heterocycles. The molecule has 2 atom stereocenters. The van der Waals surface area contributed by atoms with Gasteiger partial charge in [0.2, 0.25) is 5.89 Å². The molecular formula is C35H42F2N4O4. The van der Waals surface area contributed by atoms with Crippen LogP contribution in [0.25, 0.3) is 11.5 Å². The third kappa shape index (κ3) is 10.6. The van der Waals surface area contributed by atoms with Crippen molar-refractivity contribution in [1.29, 1.82) is 0 Å². The number of allylic oxidation sites excluding steroid dienone is 1. The number of rotatable bonds is 17. The second-order valence-corrected chi connectivity index (χ2v) is 10.6. The molecule has 45 heavy (non-hydrogen) atoms. The first-order valence-electron chi connectivity index (χ1n) is 15.1. The fraction of sp³-hybridized carbons (Fsp3) is 0.343. The Morgan fingerprint density at radius 2 is 1.78 bits per heavy atom. The van der Waals surface area contributed by atoms with Crippen LogP contribution in [0, 0.1) is 11.6 Å². The zero-order chi connectivity index (χ0) is 32.8. The van der Waals surface area contributed by atoms with Crippen LogP contribution < -0.4 is 10.6 Å². The van der Waals surface area contributed by atoms with Crippen molar-refractivity contribution in [2.75, 3.05) is 19.6 Å². The molecule has 3 aromatic rings. The predicted molar refractivity (Wildman–Crippen MR) is 171 cm³/mol. The summed E-state index contributed by atoms with van der Waals surface area (Å²) in [4.78, 5) is 32.6. The van der Waals surface area contributed by atoms with E-state index in [1.807, 2.05) is 38.1 Å². The van der Waals surface area contributed by atoms with E-state index in [2.05, 4.69) is 22.2 Å². The lowest BCUT2D eigenvalue weighted by Gasteiger charge is -2.25. The number of hydrogen-bond acceptors (Lipinski definition) is 6. The Bertz CT molecular complexity index is 1460. The van der Waals surface area contributed by atoms with Gasteiger partial charge in [0.1, 0.15) is 17.9 Å². The molecule has 3 rings (SSSR count). The van der Waals surface area contributed by atoms with Crippen LogP contribution in [0.3, 0.4) is 0 Å². The number of oxazole rings is 1. The molecule has 3 N–H and O–H groups in total. The number of aliphatic hydroxyl groups is 1. The van der Waals surface area contributed by atoms with Gasteiger partial charge in [0.25, 0.3) is 11.8 Å². The van der Waals surface area contributed by atoms with Crippen molar-refractivity contribution in [2.24, 2.45) is 0 Å². The number of aromatic nitrogens is 1. The molecule has 1 aromatic heterocycles. The molecule has 0 aliphatic rings. The van der Waals surface area contributed by atoms with Gasteiger partial charge in [-0.2, -0.15) is 0 Å². The van der Waals surface area contributed by atoms with E-state index in [4.69, 9.17) is 4.42 Å². The van der Waals surface area contributed by atoms with E-state index in [-0.39, 0.29) is 30.0 Å². The Morgan fingerprint density at radius 1 is 1.07 bits per heavy atom. The van der Waals surface area contributed by atoms with Gasteiger partial charge < -0.3 is 25.1 Å². The molecule has 0 spiro atoms. The van der Waals surface area contributed by atoms with Crippen LogP contribution in [0.2, 0.25) is 0 Å². The molecule has 0 radical (unpaired) electrons. The average Bonchev–Trinajstić information content (AvgIpc) is 3.56. The lowest BCUT2D eigenvalue weighted by Crippen LogP contribution is -2.49. The van der Waals surface area contributed by atoms with E-state index in [9.17, 15) is 23.5 Å². The molecule has 0 saturated carbocycles. The molecular weight excluding hydrogens is 578 g/mol. The Morgan fingerprint density at radius 3 is 2.38 bits per heavy atom. The van der Waals surface area contributed by atoms with Crippen LogP contribution in [0.1, 0.15) is 44.7 Å². The summed E-state index contributed by atoms with van der Waals surface area (Å²) in [6.45, 7) is 11.1. The van der Waals surface area contributed by atoms with Crippen LogP contribution in [0.5, 0.6) is 0 Å². The molecule has 1 heterocycles. The van der Waals surface area contributed by atoms with Crippen LogP contribution in [0.15, 0.2) is 95.3 Å². The van der Waals surface area contributed by atoms with E-state index in [1.165, 1.54) is 18.4 Å². The highest BCUT2D eigenvalue weighted by Gasteiger charge is 2.24. The molecule has 8 nitrogen and oxygen atoms in total. The number of aliphatic hydroxyl groups excluding tert-OH is 1. The van der Waals surface area contributed by atoms with Crippen molar-refractivity contribution in [3.05, 3.63) is 114 Å². The number of nitrogens with zero attached hydrogens (tertiary/aromatic N) is 2. The third-order valence-electron chi connectivity index (χ3n) is 7.07. The third-order valence-corrected chi connectivity index (χ3v) is 7.07. The van der Waals surface area contributed by atoms with E-state index < -0.39 is 29.7 Å². The minimum atomic E-state index is -1.14. The Kier molecular flexibility index (Phi) is 13.9. The minimum Gasteiger partial charge on any atom is -0.445 e. The van der Waals surface area contributed by atoms with Crippen LogP contribution >= 0.6 is 0 Å². The summed E-state index contributed by atoms with van der Waals surface area (Å²) in [6, 6.07) is 9.70. The number of benzene rings is 2. The predicted octanol–water partition coefficient (Wildman–Crippen LogP) is 5.51. The molecule has 0 aliphatic heterocycles. The first-order valence-corrected chi connectivity index (χ1v) is 15.1. The fourth-order valence-corrected chi connectivity index (χ4v) is 4.90. The second kappa shape index (κ2) is 17.8. The number of carbonyl (C=O) groups is 2. The molecule has 0 unspecified atom stereocenters. The number of carbonyl (C=O) groups excluding carboxylic acids is 2. The maximum Gasteiger partial charge on any atom is 0.253 e. The molecule has 0 aliphatic carbocycles. The van der Waals surface area contributed by atoms with Gasteiger partial charge in [-0.1, -0.05) is 44.7 Å². The van der Waals surface area contributed by atoms with Crippen molar-refractivity contribution in [3.8, 4) is 11.5 Å². The topological polar surface area (TPSA) is 108 Å². The molecule has 240 valence electrons. The molecule has 2 aromatic carbocycles. The lowest BCUT2D eigenvalue weighted by atomic mass is 9.99. The Labute approximate surface area is 263 Å². The average molecular weight is 621 g/mol. The highest BCUT2D eigenvalue weighted by molar-refractivity contribution is 6.02. The van der Waals surface area contributed by atoms with Crippen molar-refractivity contribution < 1.29 is 27.9 Å². The fourth-order valence-electron chi connectivity index (χ4n) is 4.90. The van der Waals surface area contributed by atoms with E-state index in [1.54, 1.807) is 24.1 Å². The summed E-state index contributed by atoms with van der Waals surface area (Å²) in [7, 11) is 0. The van der Waals surface area contributed by atoms with Gasteiger partial charge >= 0.3 is 0 Å². The first-order chi connectivity index (χ1) is 21.7. The second-order valence-electron chi connectivity index (χ2n) is 10.6. The highest BCUT2D eigenvalue weighted by atomic mass is 19.1. The summed E-state index contributed by atoms with van der Waals surface area (Å²) in [5.74, 6) is -1.83.